The second-order valence-corrected chi connectivity index (χ2v) is 6.83. The first-order valence-electron chi connectivity index (χ1n) is 5.45. The van der Waals surface area contributed by atoms with E-state index in [0.29, 0.717) is 12.6 Å². The Morgan fingerprint density at radius 2 is 1.94 bits per heavy atom. The van der Waals surface area contributed by atoms with Gasteiger partial charge in [-0.2, -0.15) is 0 Å². The van der Waals surface area contributed by atoms with E-state index in [2.05, 4.69) is 0 Å². The lowest BCUT2D eigenvalue weighted by atomic mass is 10.6. The Morgan fingerprint density at radius 1 is 1.33 bits per heavy atom. The molecule has 0 N–H and O–H groups in total. The predicted octanol–water partition coefficient (Wildman–Crippen LogP) is -1.60. The first-order chi connectivity index (χ1) is 8.55. The summed E-state index contributed by atoms with van der Waals surface area (Å²) in [5.74, 6) is -1.12. The molecule has 1 heterocycles. The second kappa shape index (κ2) is 6.64. The van der Waals surface area contributed by atoms with Crippen molar-refractivity contribution < 1.29 is 27.7 Å². The van der Waals surface area contributed by atoms with Crippen molar-refractivity contribution in [2.75, 3.05) is 21.3 Å². The number of aliphatic carboxylic acids is 1. The number of carboxylic acid groups (broad SMARTS) is 1. The smallest absolute Gasteiger partial charge is 0.504 e. The molecule has 18 heavy (non-hydrogen) atoms. The molecule has 0 bridgehead atoms. The molecule has 8 heteroatoms. The lowest BCUT2D eigenvalue weighted by Gasteiger charge is -2.23. The maximum Gasteiger partial charge on any atom is 0.504 e. The Labute approximate surface area is 107 Å². The van der Waals surface area contributed by atoms with Crippen molar-refractivity contribution in [3.63, 3.8) is 0 Å². The van der Waals surface area contributed by atoms with Crippen molar-refractivity contribution in [2.45, 2.75) is 19.1 Å². The average Bonchev–Trinajstić information content (AvgIpc) is 2.78. The van der Waals surface area contributed by atoms with E-state index in [1.165, 1.54) is 4.57 Å². The summed E-state index contributed by atoms with van der Waals surface area (Å²) in [6, 6.07) is 0.608. The fourth-order valence-corrected chi connectivity index (χ4v) is 3.28. The Balaban J connectivity index is 2.57. The third-order valence-corrected chi connectivity index (χ3v) is 5.37. The van der Waals surface area contributed by atoms with E-state index in [-0.39, 0.29) is 6.54 Å². The largest absolute Gasteiger partial charge is 0.546 e. The van der Waals surface area contributed by atoms with Gasteiger partial charge in [0.1, 0.15) is 18.9 Å². The van der Waals surface area contributed by atoms with E-state index in [1.807, 2.05) is 4.57 Å². The van der Waals surface area contributed by atoms with E-state index >= 15 is 0 Å². The van der Waals surface area contributed by atoms with Crippen molar-refractivity contribution >= 4 is 14.8 Å². The molecule has 102 valence electrons. The van der Waals surface area contributed by atoms with Crippen LogP contribution < -0.4 is 9.67 Å². The third kappa shape index (κ3) is 3.91. The number of hydrogen-bond donors (Lipinski definition) is 0. The van der Waals surface area contributed by atoms with Gasteiger partial charge in [0, 0.05) is 21.3 Å². The number of aromatic nitrogens is 2. The van der Waals surface area contributed by atoms with Crippen LogP contribution in [-0.2, 0) is 31.2 Å². The molecule has 0 saturated heterocycles. The lowest BCUT2D eigenvalue weighted by molar-refractivity contribution is -0.690. The molecule has 1 rings (SSSR count). The fourth-order valence-electron chi connectivity index (χ4n) is 1.64. The summed E-state index contributed by atoms with van der Waals surface area (Å²) in [4.78, 5) is 10.4. The second-order valence-electron chi connectivity index (χ2n) is 3.74. The van der Waals surface area contributed by atoms with Crippen LogP contribution in [0.2, 0.25) is 6.04 Å². The molecule has 0 spiro atoms. The van der Waals surface area contributed by atoms with Crippen LogP contribution in [0.3, 0.4) is 0 Å². The molecule has 1 aromatic heterocycles. The van der Waals surface area contributed by atoms with Crippen LogP contribution in [0.15, 0.2) is 18.7 Å². The van der Waals surface area contributed by atoms with Crippen molar-refractivity contribution in [1.29, 1.82) is 0 Å². The maximum absolute atomic E-state index is 10.4. The standard InChI is InChI=1S/C10H18N2O5Si/c1-15-18(16-2,17-3)7-6-11-4-5-12(9-11)8-10(13)14/h4-5,9H,6-8H2,1-3H3. The first kappa shape index (κ1) is 14.8. The molecule has 0 aliphatic rings. The van der Waals surface area contributed by atoms with Crippen LogP contribution in [-0.4, -0.2) is 40.7 Å². The van der Waals surface area contributed by atoms with E-state index in [1.54, 1.807) is 40.1 Å². The Kier molecular flexibility index (Phi) is 5.47. The highest BCUT2D eigenvalue weighted by molar-refractivity contribution is 6.60. The molecule has 0 aliphatic heterocycles. The summed E-state index contributed by atoms with van der Waals surface area (Å²) < 4.78 is 19.3. The average molecular weight is 274 g/mol. The molecular weight excluding hydrogens is 256 g/mol. The molecule has 1 aromatic rings. The summed E-state index contributed by atoms with van der Waals surface area (Å²) in [5, 5.41) is 10.4. The monoisotopic (exact) mass is 274 g/mol. The zero-order valence-electron chi connectivity index (χ0n) is 10.8. The van der Waals surface area contributed by atoms with Gasteiger partial charge in [-0.05, 0) is 0 Å². The molecule has 0 fully saturated rings. The number of hydrogen-bond acceptors (Lipinski definition) is 5. The third-order valence-electron chi connectivity index (χ3n) is 2.67. The Hall–Kier alpha value is -1.22. The van der Waals surface area contributed by atoms with E-state index in [9.17, 15) is 9.90 Å². The van der Waals surface area contributed by atoms with Crippen molar-refractivity contribution in [3.8, 4) is 0 Å². The SMILES string of the molecule is CO[Si](CCn1cc[n+](CC(=O)[O-])c1)(OC)OC. The van der Waals surface area contributed by atoms with Crippen LogP contribution in [0.25, 0.3) is 0 Å². The molecular formula is C10H18N2O5Si. The highest BCUT2D eigenvalue weighted by Crippen LogP contribution is 2.13. The minimum absolute atomic E-state index is 0.158. The van der Waals surface area contributed by atoms with Gasteiger partial charge < -0.3 is 23.2 Å². The number of aryl methyl sites for hydroxylation is 1. The van der Waals surface area contributed by atoms with Crippen LogP contribution in [0.5, 0.6) is 0 Å². The fraction of sp³-hybridized carbons (Fsp3) is 0.600. The van der Waals surface area contributed by atoms with Gasteiger partial charge in [-0.1, -0.05) is 0 Å². The Bertz CT molecular complexity index is 383. The lowest BCUT2D eigenvalue weighted by Crippen LogP contribution is -2.44. The van der Waals surface area contributed by atoms with Gasteiger partial charge in [0.2, 0.25) is 6.33 Å². The van der Waals surface area contributed by atoms with Gasteiger partial charge in [0.15, 0.2) is 0 Å². The van der Waals surface area contributed by atoms with Crippen LogP contribution in [0, 0.1) is 0 Å². The van der Waals surface area contributed by atoms with Gasteiger partial charge in [-0.15, -0.1) is 0 Å². The molecule has 0 aromatic carbocycles. The summed E-state index contributed by atoms with van der Waals surface area (Å²) >= 11 is 0. The van der Waals surface area contributed by atoms with Crippen LogP contribution >= 0.6 is 0 Å². The van der Waals surface area contributed by atoms with E-state index in [0.717, 1.165) is 0 Å². The van der Waals surface area contributed by atoms with Gasteiger partial charge >= 0.3 is 8.80 Å². The van der Waals surface area contributed by atoms with Gasteiger partial charge in [0.05, 0.1) is 18.6 Å². The maximum atomic E-state index is 10.4. The predicted molar refractivity (Wildman–Crippen MR) is 61.2 cm³/mol. The number of imidazole rings is 1. The van der Waals surface area contributed by atoms with E-state index < -0.39 is 14.8 Å². The van der Waals surface area contributed by atoms with E-state index in [4.69, 9.17) is 13.3 Å². The minimum atomic E-state index is -2.58. The molecule has 0 amide bonds. The zero-order valence-corrected chi connectivity index (χ0v) is 11.8. The highest BCUT2D eigenvalue weighted by Gasteiger charge is 2.38. The minimum Gasteiger partial charge on any atom is -0.546 e. The molecule has 0 saturated carbocycles. The van der Waals surface area contributed by atoms with Gasteiger partial charge in [0.25, 0.3) is 0 Å². The summed E-state index contributed by atoms with van der Waals surface area (Å²) in [5.41, 5.74) is 0. The molecule has 0 atom stereocenters. The van der Waals surface area contributed by atoms with Crippen LogP contribution in [0.1, 0.15) is 0 Å². The Morgan fingerprint density at radius 3 is 2.44 bits per heavy atom. The quantitative estimate of drug-likeness (QED) is 0.422. The molecule has 0 aliphatic carbocycles. The topological polar surface area (TPSA) is 76.6 Å². The highest BCUT2D eigenvalue weighted by atomic mass is 28.4. The number of rotatable bonds is 8. The normalized spacial score (nSPS) is 11.7. The van der Waals surface area contributed by atoms with Crippen LogP contribution in [0.4, 0.5) is 0 Å². The summed E-state index contributed by atoms with van der Waals surface area (Å²) in [6.45, 7) is 0.468. The van der Waals surface area contributed by atoms with Gasteiger partial charge in [-0.3, -0.25) is 0 Å². The summed E-state index contributed by atoms with van der Waals surface area (Å²) in [6.07, 6.45) is 5.14. The van der Waals surface area contributed by atoms with Gasteiger partial charge in [-0.25, -0.2) is 9.13 Å². The van der Waals surface area contributed by atoms with Crippen molar-refractivity contribution in [1.82, 2.24) is 4.57 Å². The first-order valence-corrected chi connectivity index (χ1v) is 7.38. The number of nitrogens with zero attached hydrogens (tertiary/aromatic N) is 2. The number of carboxylic acids is 1. The zero-order chi connectivity index (χ0) is 13.6. The van der Waals surface area contributed by atoms with Crippen molar-refractivity contribution in [3.05, 3.63) is 18.7 Å². The van der Waals surface area contributed by atoms with Crippen molar-refractivity contribution in [2.24, 2.45) is 0 Å². The molecule has 0 radical (unpaired) electrons. The molecule has 0 unspecified atom stereocenters. The molecule has 7 nitrogen and oxygen atoms in total. The summed E-state index contributed by atoms with van der Waals surface area (Å²) in [7, 11) is 2.10. The number of carbonyl (C=O) groups excluding carboxylic acids is 1. The number of carbonyl (C=O) groups is 1.